The van der Waals surface area contributed by atoms with E-state index in [0.29, 0.717) is 0 Å². The summed E-state index contributed by atoms with van der Waals surface area (Å²) in [4.78, 5) is 4.75. The molecule has 0 unspecified atom stereocenters. The summed E-state index contributed by atoms with van der Waals surface area (Å²) < 4.78 is 2.69. The van der Waals surface area contributed by atoms with Crippen molar-refractivity contribution in [3.05, 3.63) is 128 Å². The molecule has 0 amide bonds. The second-order valence-corrected chi connectivity index (χ2v) is 15.3. The topological polar surface area (TPSA) is 18.5 Å². The number of likely N-dealkylation sites (N-methyl/N-ethyl adjacent to an activating group) is 2. The summed E-state index contributed by atoms with van der Waals surface area (Å²) in [5.74, 6) is 0. The van der Waals surface area contributed by atoms with Gasteiger partial charge in [-0.2, -0.15) is 0 Å². The van der Waals surface area contributed by atoms with Crippen molar-refractivity contribution in [2.24, 2.45) is 0 Å². The van der Waals surface area contributed by atoms with Crippen LogP contribution in [0.1, 0.15) is 55.6 Å². The molecule has 0 fully saturated rings. The minimum atomic E-state index is -0.258. The molecule has 0 aliphatic heterocycles. The summed E-state index contributed by atoms with van der Waals surface area (Å²) in [7, 11) is 4.40. The summed E-state index contributed by atoms with van der Waals surface area (Å²) in [6.07, 6.45) is 0. The number of anilines is 2. The molecule has 4 rings (SSSR count). The Labute approximate surface area is 280 Å². The SMILES string of the molecule is Cc1cc(N(C)CCNCCN(C)c2cc(C)c(C)c(C)c2C)c(C)c(C)c1C.c1ccc([CH2][Zr][CH2]c2ccccc2)cc1. The molecule has 4 heteroatoms. The van der Waals surface area contributed by atoms with Crippen molar-refractivity contribution >= 4 is 11.4 Å². The molecule has 4 aromatic carbocycles. The molecule has 44 heavy (non-hydrogen) atoms. The first-order valence-corrected chi connectivity index (χ1v) is 19.5. The summed E-state index contributed by atoms with van der Waals surface area (Å²) in [6, 6.07) is 26.3. The Morgan fingerprint density at radius 2 is 0.864 bits per heavy atom. The van der Waals surface area contributed by atoms with Crippen LogP contribution in [0.4, 0.5) is 11.4 Å². The molecular weight excluding hydrogens is 614 g/mol. The van der Waals surface area contributed by atoms with E-state index in [1.54, 1.807) is 0 Å². The molecular formula is C40H55N3Zr. The van der Waals surface area contributed by atoms with Gasteiger partial charge in [0.05, 0.1) is 0 Å². The summed E-state index contributed by atoms with van der Waals surface area (Å²) in [6.45, 7) is 21.8. The number of rotatable bonds is 12. The van der Waals surface area contributed by atoms with Gasteiger partial charge in [0.1, 0.15) is 0 Å². The summed E-state index contributed by atoms with van der Waals surface area (Å²) in [5, 5.41) is 3.62. The Morgan fingerprint density at radius 3 is 1.23 bits per heavy atom. The standard InChI is InChI=1S/C26H41N3.2C7H7.Zr/c1-17-15-25(23(7)21(5)19(17)3)28(9)13-11-27-12-14-29(10)26-16-18(2)20(4)22(6)24(26)8;2*1-7-5-3-2-4-6-7;/h15-16,27H,11-14H2,1-10H3;2*2-6H,1H2;. The Bertz CT molecular complexity index is 1350. The van der Waals surface area contributed by atoms with Gasteiger partial charge in [0.15, 0.2) is 0 Å². The van der Waals surface area contributed by atoms with Crippen molar-refractivity contribution in [2.45, 2.75) is 63.6 Å². The van der Waals surface area contributed by atoms with Gasteiger partial charge in [0, 0.05) is 51.6 Å². The van der Waals surface area contributed by atoms with E-state index in [9.17, 15) is 0 Å². The van der Waals surface area contributed by atoms with Gasteiger partial charge in [-0.3, -0.25) is 0 Å². The van der Waals surface area contributed by atoms with Crippen LogP contribution in [0.15, 0.2) is 72.8 Å². The van der Waals surface area contributed by atoms with E-state index in [4.69, 9.17) is 0 Å². The predicted molar refractivity (Wildman–Crippen MR) is 190 cm³/mol. The molecule has 4 aromatic rings. The first-order valence-electron chi connectivity index (χ1n) is 16.1. The van der Waals surface area contributed by atoms with Crippen LogP contribution >= 0.6 is 0 Å². The summed E-state index contributed by atoms with van der Waals surface area (Å²) in [5.41, 5.74) is 17.0. The number of nitrogens with one attached hydrogen (secondary N) is 1. The van der Waals surface area contributed by atoms with Gasteiger partial charge in [0.2, 0.25) is 0 Å². The van der Waals surface area contributed by atoms with Gasteiger partial charge in [-0.1, -0.05) is 0 Å². The Hall–Kier alpha value is -2.68. The van der Waals surface area contributed by atoms with E-state index in [1.165, 1.54) is 75.3 Å². The number of hydrogen-bond donors (Lipinski definition) is 1. The van der Waals surface area contributed by atoms with E-state index in [1.807, 2.05) is 0 Å². The van der Waals surface area contributed by atoms with E-state index < -0.39 is 0 Å². The zero-order chi connectivity index (χ0) is 32.2. The van der Waals surface area contributed by atoms with Gasteiger partial charge in [-0.25, -0.2) is 0 Å². The van der Waals surface area contributed by atoms with E-state index in [-0.39, 0.29) is 23.2 Å². The monoisotopic (exact) mass is 667 g/mol. The molecule has 0 bridgehead atoms. The van der Waals surface area contributed by atoms with Gasteiger partial charge < -0.3 is 15.1 Å². The van der Waals surface area contributed by atoms with Crippen molar-refractivity contribution in [3.63, 3.8) is 0 Å². The van der Waals surface area contributed by atoms with Gasteiger partial charge in [0.25, 0.3) is 0 Å². The number of aryl methyl sites for hydroxylation is 2. The van der Waals surface area contributed by atoms with Gasteiger partial charge in [-0.05, 0) is 112 Å². The molecule has 0 saturated heterocycles. The fourth-order valence-corrected chi connectivity index (χ4v) is 8.46. The molecule has 3 nitrogen and oxygen atoms in total. The molecule has 0 aliphatic carbocycles. The third-order valence-corrected chi connectivity index (χ3v) is 12.6. The van der Waals surface area contributed by atoms with E-state index in [2.05, 4.69) is 157 Å². The summed E-state index contributed by atoms with van der Waals surface area (Å²) >= 11 is -0.258. The maximum absolute atomic E-state index is 3.62. The normalized spacial score (nSPS) is 10.7. The van der Waals surface area contributed by atoms with Crippen LogP contribution in [-0.4, -0.2) is 40.3 Å². The first-order chi connectivity index (χ1) is 21.0. The Balaban J connectivity index is 0.000000293. The molecule has 0 atom stereocenters. The molecule has 234 valence electrons. The Kier molecular flexibility index (Phi) is 14.4. The third kappa shape index (κ3) is 10.2. The van der Waals surface area contributed by atoms with Gasteiger partial charge in [-0.15, -0.1) is 0 Å². The minimum absolute atomic E-state index is 0.258. The molecule has 0 aromatic heterocycles. The zero-order valence-corrected chi connectivity index (χ0v) is 31.5. The van der Waals surface area contributed by atoms with Crippen LogP contribution in [0.5, 0.6) is 0 Å². The maximum atomic E-state index is 3.62. The number of nitrogens with zero attached hydrogens (tertiary/aromatic N) is 2. The van der Waals surface area contributed by atoms with Crippen molar-refractivity contribution in [1.82, 2.24) is 5.32 Å². The van der Waals surface area contributed by atoms with E-state index in [0.717, 1.165) is 26.2 Å². The van der Waals surface area contributed by atoms with Crippen LogP contribution in [0.2, 0.25) is 0 Å². The predicted octanol–water partition coefficient (Wildman–Crippen LogP) is 8.79. The van der Waals surface area contributed by atoms with Gasteiger partial charge >= 0.3 is 103 Å². The van der Waals surface area contributed by atoms with Crippen molar-refractivity contribution in [1.29, 1.82) is 0 Å². The molecule has 1 N–H and O–H groups in total. The van der Waals surface area contributed by atoms with Crippen molar-refractivity contribution < 1.29 is 23.2 Å². The quantitative estimate of drug-likeness (QED) is 0.152. The third-order valence-electron chi connectivity index (χ3n) is 9.32. The molecule has 0 heterocycles. The second kappa shape index (κ2) is 17.7. The van der Waals surface area contributed by atoms with Crippen LogP contribution in [0, 0.1) is 55.4 Å². The fraction of sp³-hybridized carbons (Fsp3) is 0.400. The van der Waals surface area contributed by atoms with Crippen LogP contribution in [-0.2, 0) is 31.5 Å². The van der Waals surface area contributed by atoms with E-state index >= 15 is 0 Å². The molecule has 0 saturated carbocycles. The van der Waals surface area contributed by atoms with Crippen LogP contribution in [0.3, 0.4) is 0 Å². The fourth-order valence-electron chi connectivity index (χ4n) is 5.58. The Morgan fingerprint density at radius 1 is 0.500 bits per heavy atom. The van der Waals surface area contributed by atoms with Crippen molar-refractivity contribution in [2.75, 3.05) is 50.1 Å². The first kappa shape index (κ1) is 35.8. The molecule has 0 spiro atoms. The molecule has 0 radical (unpaired) electrons. The zero-order valence-electron chi connectivity index (χ0n) is 29.1. The number of hydrogen-bond acceptors (Lipinski definition) is 3. The second-order valence-electron chi connectivity index (χ2n) is 12.3. The number of benzene rings is 4. The average Bonchev–Trinajstić information content (AvgIpc) is 3.03. The van der Waals surface area contributed by atoms with Crippen molar-refractivity contribution in [3.8, 4) is 0 Å². The average molecular weight is 669 g/mol. The van der Waals surface area contributed by atoms with Crippen LogP contribution < -0.4 is 15.1 Å². The molecule has 0 aliphatic rings. The van der Waals surface area contributed by atoms with Crippen LogP contribution in [0.25, 0.3) is 0 Å².